The summed E-state index contributed by atoms with van der Waals surface area (Å²) < 4.78 is 0. The molecule has 2 aliphatic heterocycles. The number of hydrogen-bond acceptors (Lipinski definition) is 3. The van der Waals surface area contributed by atoms with Gasteiger partial charge in [-0.2, -0.15) is 0 Å². The van der Waals surface area contributed by atoms with E-state index in [4.69, 9.17) is 0 Å². The van der Waals surface area contributed by atoms with Crippen molar-refractivity contribution in [3.63, 3.8) is 0 Å². The van der Waals surface area contributed by atoms with Crippen LogP contribution in [0.5, 0.6) is 0 Å². The van der Waals surface area contributed by atoms with Crippen LogP contribution in [0.2, 0.25) is 0 Å². The summed E-state index contributed by atoms with van der Waals surface area (Å²) in [5.74, 6) is -0.642. The number of carbonyl (C=O) groups is 1. The molecule has 2 atom stereocenters. The molecule has 2 fully saturated rings. The van der Waals surface area contributed by atoms with Crippen LogP contribution < -0.4 is 0 Å². The quantitative estimate of drug-likeness (QED) is 0.812. The van der Waals surface area contributed by atoms with Crippen molar-refractivity contribution in [3.8, 4) is 0 Å². The average Bonchev–Trinajstić information content (AvgIpc) is 2.86. The van der Waals surface area contributed by atoms with E-state index >= 15 is 0 Å². The fraction of sp³-hybridized carbons (Fsp3) is 0.929. The van der Waals surface area contributed by atoms with Gasteiger partial charge < -0.3 is 5.11 Å². The third-order valence-electron chi connectivity index (χ3n) is 4.39. The fourth-order valence-corrected chi connectivity index (χ4v) is 3.37. The van der Waals surface area contributed by atoms with Gasteiger partial charge in [-0.25, -0.2) is 0 Å². The molecule has 0 radical (unpaired) electrons. The predicted octanol–water partition coefficient (Wildman–Crippen LogP) is 1.80. The minimum absolute atomic E-state index is 0.259. The molecule has 18 heavy (non-hydrogen) atoms. The summed E-state index contributed by atoms with van der Waals surface area (Å²) in [6.07, 6.45) is 6.86. The Bertz CT molecular complexity index is 277. The Morgan fingerprint density at radius 3 is 2.61 bits per heavy atom. The summed E-state index contributed by atoms with van der Waals surface area (Å²) in [4.78, 5) is 16.1. The molecule has 0 bridgehead atoms. The van der Waals surface area contributed by atoms with Crippen LogP contribution in [0.4, 0.5) is 0 Å². The molecule has 2 rings (SSSR count). The van der Waals surface area contributed by atoms with Crippen molar-refractivity contribution in [1.82, 2.24) is 9.80 Å². The van der Waals surface area contributed by atoms with Crippen molar-refractivity contribution >= 4 is 5.97 Å². The summed E-state index contributed by atoms with van der Waals surface area (Å²) in [6, 6.07) is 0.341. The largest absolute Gasteiger partial charge is 0.480 e. The molecule has 0 amide bonds. The highest BCUT2D eigenvalue weighted by molar-refractivity contribution is 5.73. The Morgan fingerprint density at radius 1 is 1.28 bits per heavy atom. The van der Waals surface area contributed by atoms with Gasteiger partial charge >= 0.3 is 5.97 Å². The Balaban J connectivity index is 1.87. The van der Waals surface area contributed by atoms with Crippen molar-refractivity contribution in [3.05, 3.63) is 0 Å². The highest BCUT2D eigenvalue weighted by Crippen LogP contribution is 2.23. The average molecular weight is 254 g/mol. The highest BCUT2D eigenvalue weighted by Gasteiger charge is 2.34. The molecule has 1 N–H and O–H groups in total. The molecular formula is C14H26N2O2. The maximum atomic E-state index is 11.3. The van der Waals surface area contributed by atoms with Gasteiger partial charge in [0.1, 0.15) is 6.04 Å². The standard InChI is InChI=1S/C14H26N2O2/c1-2-6-13(14(17)18)16-10-7-12(11-16)15-8-4-3-5-9-15/h12-13H,2-11H2,1H3,(H,17,18). The molecule has 0 aromatic carbocycles. The number of aliphatic carboxylic acids is 1. The van der Waals surface area contributed by atoms with E-state index in [9.17, 15) is 9.90 Å². The first-order chi connectivity index (χ1) is 8.72. The van der Waals surface area contributed by atoms with Gasteiger partial charge in [-0.15, -0.1) is 0 Å². The summed E-state index contributed by atoms with van der Waals surface area (Å²) in [5, 5.41) is 9.31. The zero-order valence-electron chi connectivity index (χ0n) is 11.5. The van der Waals surface area contributed by atoms with E-state index in [2.05, 4.69) is 16.7 Å². The number of rotatable bonds is 5. The molecule has 4 heteroatoms. The summed E-state index contributed by atoms with van der Waals surface area (Å²) in [7, 11) is 0. The minimum atomic E-state index is -0.642. The van der Waals surface area contributed by atoms with Crippen LogP contribution in [-0.2, 0) is 4.79 Å². The summed E-state index contributed by atoms with van der Waals surface area (Å²) in [5.41, 5.74) is 0. The maximum absolute atomic E-state index is 11.3. The second kappa shape index (κ2) is 6.53. The van der Waals surface area contributed by atoms with Crippen molar-refractivity contribution in [2.45, 2.75) is 57.5 Å². The van der Waals surface area contributed by atoms with E-state index in [1.165, 1.54) is 32.4 Å². The number of piperidine rings is 1. The number of nitrogens with zero attached hydrogens (tertiary/aromatic N) is 2. The minimum Gasteiger partial charge on any atom is -0.480 e. The molecule has 2 saturated heterocycles. The lowest BCUT2D eigenvalue weighted by Crippen LogP contribution is -2.44. The van der Waals surface area contributed by atoms with Crippen LogP contribution in [0.1, 0.15) is 45.4 Å². The van der Waals surface area contributed by atoms with Crippen molar-refractivity contribution in [1.29, 1.82) is 0 Å². The maximum Gasteiger partial charge on any atom is 0.320 e. The van der Waals surface area contributed by atoms with E-state index < -0.39 is 5.97 Å². The van der Waals surface area contributed by atoms with Gasteiger partial charge in [-0.05, 0) is 38.8 Å². The number of carboxylic acids is 1. The van der Waals surface area contributed by atoms with Crippen LogP contribution in [0.15, 0.2) is 0 Å². The van der Waals surface area contributed by atoms with Gasteiger partial charge in [0.25, 0.3) is 0 Å². The monoisotopic (exact) mass is 254 g/mol. The van der Waals surface area contributed by atoms with E-state index in [-0.39, 0.29) is 6.04 Å². The second-order valence-corrected chi connectivity index (χ2v) is 5.68. The number of carboxylic acid groups (broad SMARTS) is 1. The molecular weight excluding hydrogens is 228 g/mol. The van der Waals surface area contributed by atoms with Crippen molar-refractivity contribution in [2.24, 2.45) is 0 Å². The van der Waals surface area contributed by atoms with Crippen LogP contribution in [0, 0.1) is 0 Å². The Morgan fingerprint density at radius 2 is 2.00 bits per heavy atom. The smallest absolute Gasteiger partial charge is 0.320 e. The Hall–Kier alpha value is -0.610. The van der Waals surface area contributed by atoms with Gasteiger partial charge in [0.15, 0.2) is 0 Å². The van der Waals surface area contributed by atoms with Gasteiger partial charge in [-0.1, -0.05) is 19.8 Å². The van der Waals surface area contributed by atoms with E-state index in [0.29, 0.717) is 6.04 Å². The van der Waals surface area contributed by atoms with Crippen LogP contribution >= 0.6 is 0 Å². The predicted molar refractivity (Wildman–Crippen MR) is 71.7 cm³/mol. The van der Waals surface area contributed by atoms with E-state index in [0.717, 1.165) is 32.4 Å². The van der Waals surface area contributed by atoms with Crippen LogP contribution in [-0.4, -0.2) is 59.1 Å². The Kier molecular flexibility index (Phi) is 5.01. The lowest BCUT2D eigenvalue weighted by molar-refractivity contribution is -0.143. The third kappa shape index (κ3) is 3.23. The van der Waals surface area contributed by atoms with Gasteiger partial charge in [0.05, 0.1) is 0 Å². The highest BCUT2D eigenvalue weighted by atomic mass is 16.4. The molecule has 0 aromatic heterocycles. The molecule has 0 aliphatic carbocycles. The van der Waals surface area contributed by atoms with E-state index in [1.807, 2.05) is 0 Å². The normalized spacial score (nSPS) is 28.4. The fourth-order valence-electron chi connectivity index (χ4n) is 3.37. The molecule has 0 spiro atoms. The van der Waals surface area contributed by atoms with Crippen molar-refractivity contribution < 1.29 is 9.90 Å². The van der Waals surface area contributed by atoms with Crippen LogP contribution in [0.3, 0.4) is 0 Å². The number of hydrogen-bond donors (Lipinski definition) is 1. The first kappa shape index (κ1) is 13.8. The summed E-state index contributed by atoms with van der Waals surface area (Å²) in [6.45, 7) is 6.40. The Labute approximate surface area is 110 Å². The first-order valence-electron chi connectivity index (χ1n) is 7.43. The third-order valence-corrected chi connectivity index (χ3v) is 4.39. The molecule has 0 saturated carbocycles. The molecule has 2 unspecified atom stereocenters. The van der Waals surface area contributed by atoms with Gasteiger partial charge in [-0.3, -0.25) is 14.6 Å². The zero-order valence-corrected chi connectivity index (χ0v) is 11.5. The first-order valence-corrected chi connectivity index (χ1v) is 7.43. The summed E-state index contributed by atoms with van der Waals surface area (Å²) >= 11 is 0. The number of likely N-dealkylation sites (tertiary alicyclic amines) is 2. The van der Waals surface area contributed by atoms with E-state index in [1.54, 1.807) is 0 Å². The topological polar surface area (TPSA) is 43.8 Å². The zero-order chi connectivity index (χ0) is 13.0. The van der Waals surface area contributed by atoms with Crippen LogP contribution in [0.25, 0.3) is 0 Å². The molecule has 4 nitrogen and oxygen atoms in total. The van der Waals surface area contributed by atoms with Gasteiger partial charge in [0, 0.05) is 19.1 Å². The van der Waals surface area contributed by atoms with Crippen molar-refractivity contribution in [2.75, 3.05) is 26.2 Å². The SMILES string of the molecule is CCCC(C(=O)O)N1CCC(N2CCCCC2)C1. The molecule has 2 heterocycles. The molecule has 104 valence electrons. The molecule has 0 aromatic rings. The lowest BCUT2D eigenvalue weighted by Gasteiger charge is -2.32. The van der Waals surface area contributed by atoms with Gasteiger partial charge in [0.2, 0.25) is 0 Å². The lowest BCUT2D eigenvalue weighted by atomic mass is 10.1. The molecule has 2 aliphatic rings. The second-order valence-electron chi connectivity index (χ2n) is 5.68.